The molecule has 0 spiro atoms. The second-order valence-electron chi connectivity index (χ2n) is 10.2. The highest BCUT2D eigenvalue weighted by Gasteiger charge is 2.57. The number of carbonyl (C=O) groups excluding carboxylic acids is 4. The van der Waals surface area contributed by atoms with Crippen molar-refractivity contribution in [3.05, 3.63) is 102 Å². The Morgan fingerprint density at radius 2 is 1.69 bits per heavy atom. The number of aromatic nitrogens is 1. The summed E-state index contributed by atoms with van der Waals surface area (Å²) in [5.74, 6) is -3.74. The van der Waals surface area contributed by atoms with Gasteiger partial charge < -0.3 is 15.2 Å². The number of amides is 3. The number of phenols is 1. The minimum Gasteiger partial charge on any atom is -0.508 e. The van der Waals surface area contributed by atoms with E-state index < -0.39 is 45.6 Å². The van der Waals surface area contributed by atoms with Gasteiger partial charge in [0.15, 0.2) is 0 Å². The Bertz CT molecular complexity index is 1910. The number of fused-ring (bicyclic) bond motifs is 2. The van der Waals surface area contributed by atoms with Crippen molar-refractivity contribution in [2.24, 2.45) is 5.92 Å². The van der Waals surface area contributed by atoms with Crippen molar-refractivity contribution in [2.75, 3.05) is 16.8 Å². The number of imide groups is 1. The van der Waals surface area contributed by atoms with E-state index in [-0.39, 0.29) is 40.2 Å². The number of ether oxygens (including phenoxy) is 1. The van der Waals surface area contributed by atoms with Crippen molar-refractivity contribution in [3.63, 3.8) is 0 Å². The maximum atomic E-state index is 14.1. The fraction of sp³-hybridized carbons (Fsp3) is 0.194. The number of halogens is 2. The third-order valence-electron chi connectivity index (χ3n) is 7.46. The van der Waals surface area contributed by atoms with Gasteiger partial charge in [-0.25, -0.2) is 9.69 Å². The van der Waals surface area contributed by atoms with Crippen molar-refractivity contribution in [2.45, 2.75) is 29.7 Å². The molecule has 2 aliphatic heterocycles. The van der Waals surface area contributed by atoms with Gasteiger partial charge in [0.05, 0.1) is 38.8 Å². The van der Waals surface area contributed by atoms with Crippen molar-refractivity contribution in [3.8, 4) is 5.75 Å². The van der Waals surface area contributed by atoms with Crippen LogP contribution in [0.15, 0.2) is 76.6 Å². The van der Waals surface area contributed by atoms with Gasteiger partial charge >= 0.3 is 10.8 Å². The highest BCUT2D eigenvalue weighted by atomic mass is 35.5. The normalized spacial score (nSPS) is 18.8. The molecule has 3 amide bonds. The lowest BCUT2D eigenvalue weighted by molar-refractivity contribution is -0.122. The van der Waals surface area contributed by atoms with Crippen LogP contribution in [0.1, 0.15) is 33.6 Å². The van der Waals surface area contributed by atoms with E-state index in [0.29, 0.717) is 21.2 Å². The Morgan fingerprint density at radius 3 is 2.38 bits per heavy atom. The Labute approximate surface area is 274 Å². The molecule has 1 aromatic heterocycles. The first-order chi connectivity index (χ1) is 21.6. The van der Waals surface area contributed by atoms with Crippen LogP contribution in [0.5, 0.6) is 5.75 Å². The van der Waals surface area contributed by atoms with Crippen LogP contribution in [0.4, 0.5) is 11.4 Å². The lowest BCUT2D eigenvalue weighted by atomic mass is 9.83. The summed E-state index contributed by atoms with van der Waals surface area (Å²) in [5, 5.41) is 12.1. The lowest BCUT2D eigenvalue weighted by Gasteiger charge is -2.31. The second-order valence-corrected chi connectivity index (χ2v) is 13.1. The predicted molar refractivity (Wildman–Crippen MR) is 172 cm³/mol. The largest absolute Gasteiger partial charge is 0.508 e. The predicted octanol–water partition coefficient (Wildman–Crippen LogP) is 5.53. The molecule has 2 unspecified atom stereocenters. The summed E-state index contributed by atoms with van der Waals surface area (Å²) in [6.45, 7) is 1.54. The number of rotatable bonds is 7. The molecule has 2 N–H and O–H groups in total. The van der Waals surface area contributed by atoms with Crippen LogP contribution in [0, 0.1) is 5.92 Å². The SMILES string of the molecule is CCOC(=O)c1ccc(N2C(=O)C3Sc4c(sc(=O)n4CC(=O)Nc4ccc(O)cc4)[C@H](c4cccc(Cl)c4Cl)C3C2=O)cc1. The molecule has 45 heavy (non-hydrogen) atoms. The first-order valence-corrected chi connectivity index (χ1v) is 16.1. The van der Waals surface area contributed by atoms with Gasteiger partial charge in [-0.1, -0.05) is 58.4 Å². The smallest absolute Gasteiger partial charge is 0.338 e. The monoisotopic (exact) mass is 683 g/mol. The molecule has 0 radical (unpaired) electrons. The molecule has 0 aliphatic carbocycles. The first-order valence-electron chi connectivity index (χ1n) is 13.7. The Balaban J connectivity index is 1.39. The van der Waals surface area contributed by atoms with Crippen LogP contribution >= 0.6 is 46.3 Å². The van der Waals surface area contributed by atoms with Crippen LogP contribution < -0.4 is 15.1 Å². The van der Waals surface area contributed by atoms with E-state index in [0.717, 1.165) is 28.0 Å². The summed E-state index contributed by atoms with van der Waals surface area (Å²) in [7, 11) is 0. The summed E-state index contributed by atoms with van der Waals surface area (Å²) >= 11 is 15.0. The number of esters is 1. The van der Waals surface area contributed by atoms with E-state index in [1.54, 1.807) is 25.1 Å². The topological polar surface area (TPSA) is 135 Å². The van der Waals surface area contributed by atoms with Gasteiger partial charge in [-0.15, -0.1) is 0 Å². The van der Waals surface area contributed by atoms with Gasteiger partial charge in [0.1, 0.15) is 17.5 Å². The highest BCUT2D eigenvalue weighted by molar-refractivity contribution is 8.00. The van der Waals surface area contributed by atoms with Gasteiger partial charge in [0, 0.05) is 16.5 Å². The Morgan fingerprint density at radius 1 is 0.978 bits per heavy atom. The zero-order valence-electron chi connectivity index (χ0n) is 23.4. The maximum absolute atomic E-state index is 14.1. The molecule has 1 saturated heterocycles. The molecular weight excluding hydrogens is 661 g/mol. The third-order valence-corrected chi connectivity index (χ3v) is 10.9. The van der Waals surface area contributed by atoms with Crippen LogP contribution in [-0.4, -0.2) is 45.2 Å². The molecule has 2 aliphatic rings. The van der Waals surface area contributed by atoms with Crippen molar-refractivity contribution in [1.29, 1.82) is 0 Å². The molecule has 3 atom stereocenters. The number of phenolic OH excluding ortho intramolecular Hbond substituents is 1. The second kappa shape index (κ2) is 12.4. The molecule has 3 aromatic carbocycles. The average Bonchev–Trinajstić information content (AvgIpc) is 3.46. The van der Waals surface area contributed by atoms with E-state index in [1.165, 1.54) is 53.1 Å². The summed E-state index contributed by atoms with van der Waals surface area (Å²) in [5.41, 5.74) is 1.45. The fourth-order valence-electron chi connectivity index (χ4n) is 5.46. The quantitative estimate of drug-likeness (QED) is 0.147. The van der Waals surface area contributed by atoms with E-state index in [1.807, 2.05) is 0 Å². The number of aromatic hydroxyl groups is 1. The molecule has 14 heteroatoms. The number of nitrogens with one attached hydrogen (secondary N) is 1. The molecular formula is C31H23Cl2N3O7S2. The standard InChI is InChI=1S/C31H23Cl2N3O7S2/c1-2-43-30(41)15-6-10-17(11-7-15)36-27(39)23-22(19-4-3-5-20(32)24(19)33)26-29(44-25(23)28(36)40)35(31(42)45-26)14-21(38)34-16-8-12-18(37)13-9-16/h3-13,22-23,25,37H,2,14H2,1H3,(H,34,38)/t22-,23?,25?/m1/s1. The van der Waals surface area contributed by atoms with Gasteiger partial charge in [-0.3, -0.25) is 23.7 Å². The van der Waals surface area contributed by atoms with Gasteiger partial charge in [0.25, 0.3) is 0 Å². The average molecular weight is 685 g/mol. The molecule has 0 bridgehead atoms. The molecule has 230 valence electrons. The summed E-state index contributed by atoms with van der Waals surface area (Å²) in [6.07, 6.45) is 0. The lowest BCUT2D eigenvalue weighted by Crippen LogP contribution is -2.33. The number of thiazole rings is 1. The molecule has 4 aromatic rings. The van der Waals surface area contributed by atoms with E-state index in [2.05, 4.69) is 5.32 Å². The van der Waals surface area contributed by atoms with Crippen molar-refractivity contribution < 1.29 is 29.0 Å². The van der Waals surface area contributed by atoms with E-state index in [9.17, 15) is 29.1 Å². The van der Waals surface area contributed by atoms with Gasteiger partial charge in [-0.2, -0.15) is 0 Å². The van der Waals surface area contributed by atoms with E-state index >= 15 is 0 Å². The van der Waals surface area contributed by atoms with Crippen LogP contribution in [0.2, 0.25) is 10.0 Å². The van der Waals surface area contributed by atoms with E-state index in [4.69, 9.17) is 27.9 Å². The van der Waals surface area contributed by atoms with Crippen molar-refractivity contribution >= 4 is 81.4 Å². The Hall–Kier alpha value is -4.10. The van der Waals surface area contributed by atoms with Crippen LogP contribution in [-0.2, 0) is 25.7 Å². The summed E-state index contributed by atoms with van der Waals surface area (Å²) in [4.78, 5) is 67.7. The Kier molecular flexibility index (Phi) is 8.49. The number of thioether (sulfide) groups is 1. The number of nitrogens with zero attached hydrogens (tertiary/aromatic N) is 2. The summed E-state index contributed by atoms with van der Waals surface area (Å²) in [6, 6.07) is 16.8. The third kappa shape index (κ3) is 5.63. The fourth-order valence-corrected chi connectivity index (χ4v) is 8.64. The van der Waals surface area contributed by atoms with Crippen molar-refractivity contribution in [1.82, 2.24) is 4.57 Å². The number of hydrogen-bond donors (Lipinski definition) is 2. The molecule has 3 heterocycles. The zero-order chi connectivity index (χ0) is 32.0. The minimum absolute atomic E-state index is 0.0348. The molecule has 0 saturated carbocycles. The highest BCUT2D eigenvalue weighted by Crippen LogP contribution is 2.55. The number of carbonyl (C=O) groups is 4. The van der Waals surface area contributed by atoms with Gasteiger partial charge in [-0.05, 0) is 67.1 Å². The number of hydrogen-bond acceptors (Lipinski definition) is 9. The molecule has 1 fully saturated rings. The number of benzene rings is 3. The number of anilines is 2. The molecule has 10 nitrogen and oxygen atoms in total. The molecule has 6 rings (SSSR count). The maximum Gasteiger partial charge on any atom is 0.338 e. The van der Waals surface area contributed by atoms with Crippen LogP contribution in [0.25, 0.3) is 0 Å². The minimum atomic E-state index is -0.949. The van der Waals surface area contributed by atoms with Crippen LogP contribution in [0.3, 0.4) is 0 Å². The first kappa shape index (κ1) is 30.9. The van der Waals surface area contributed by atoms with Gasteiger partial charge in [0.2, 0.25) is 17.7 Å². The summed E-state index contributed by atoms with van der Waals surface area (Å²) < 4.78 is 6.32. The zero-order valence-corrected chi connectivity index (χ0v) is 26.5.